The molecule has 0 bridgehead atoms. The maximum atomic E-state index is 13.7. The number of benzene rings is 3. The molecule has 1 saturated carbocycles. The molecule has 37 heavy (non-hydrogen) atoms. The molecule has 2 aliphatic heterocycles. The van der Waals surface area contributed by atoms with E-state index >= 15 is 0 Å². The van der Waals surface area contributed by atoms with Crippen LogP contribution in [0.15, 0.2) is 71.7 Å². The first kappa shape index (κ1) is 23.7. The van der Waals surface area contributed by atoms with Crippen molar-refractivity contribution in [2.45, 2.75) is 56.9 Å². The van der Waals surface area contributed by atoms with E-state index in [1.807, 2.05) is 88.4 Å². The Bertz CT molecular complexity index is 1430. The van der Waals surface area contributed by atoms with Gasteiger partial charge in [-0.15, -0.1) is 0 Å². The van der Waals surface area contributed by atoms with Gasteiger partial charge in [-0.2, -0.15) is 0 Å². The van der Waals surface area contributed by atoms with E-state index < -0.39 is 34.7 Å². The second kappa shape index (κ2) is 7.93. The van der Waals surface area contributed by atoms with Crippen molar-refractivity contribution in [1.29, 1.82) is 0 Å². The van der Waals surface area contributed by atoms with E-state index in [-0.39, 0.29) is 0 Å². The van der Waals surface area contributed by atoms with Gasteiger partial charge in [-0.05, 0) is 49.1 Å². The molecule has 5 atom stereocenters. The zero-order chi connectivity index (χ0) is 26.2. The second-order valence-electron chi connectivity index (χ2n) is 10.6. The van der Waals surface area contributed by atoms with Crippen molar-refractivity contribution < 1.29 is 19.4 Å². The number of ether oxygens (including phenoxy) is 2. The molecule has 6 nitrogen and oxygen atoms in total. The molecule has 3 aliphatic rings. The zero-order valence-corrected chi connectivity index (χ0v) is 21.8. The van der Waals surface area contributed by atoms with Gasteiger partial charge < -0.3 is 19.9 Å². The highest BCUT2D eigenvalue weighted by molar-refractivity contribution is 5.91. The molecule has 190 valence electrons. The number of aliphatic imine (C=N–C) groups is 1. The summed E-state index contributed by atoms with van der Waals surface area (Å²) < 4.78 is 12.5. The SMILES string of the molecule is CCC1=N[C@]23c4c(C)cc(C)cc4O[C@@]2(c2ccc(C)cc2)[C@H](c2ccccc2)[C@@H](C(=O)OC)[C@]3(O)N1. The van der Waals surface area contributed by atoms with Crippen molar-refractivity contribution in [1.82, 2.24) is 5.32 Å². The predicted molar refractivity (Wildman–Crippen MR) is 142 cm³/mol. The average Bonchev–Trinajstić information content (AvgIpc) is 3.41. The zero-order valence-electron chi connectivity index (χ0n) is 21.8. The molecule has 2 N–H and O–H groups in total. The molecule has 6 heteroatoms. The standard InChI is InChI=1S/C31H32N2O4/c1-6-24-32-30-25-20(4)16-19(3)17-23(25)37-29(30,22-14-12-18(2)13-15-22)26(21-10-8-7-9-11-21)27(28(34)36-5)31(30,35)33-24/h7-17,26-27,35H,6H2,1-5H3,(H,32,33)/t26-,27+,29+,30-,31-/m1/s1. The molecule has 0 amide bonds. The predicted octanol–water partition coefficient (Wildman–Crippen LogP) is 4.78. The first-order valence-corrected chi connectivity index (χ1v) is 12.8. The van der Waals surface area contributed by atoms with E-state index in [2.05, 4.69) is 11.4 Å². The molecular formula is C31H32N2O4. The number of hydrogen-bond acceptors (Lipinski definition) is 6. The minimum absolute atomic E-state index is 0.508. The number of amidine groups is 1. The Hall–Kier alpha value is -3.64. The minimum atomic E-state index is -1.79. The molecule has 2 heterocycles. The smallest absolute Gasteiger partial charge is 0.314 e. The Balaban J connectivity index is 1.81. The van der Waals surface area contributed by atoms with E-state index in [1.54, 1.807) is 0 Å². The number of nitrogens with one attached hydrogen (secondary N) is 1. The van der Waals surface area contributed by atoms with Crippen molar-refractivity contribution in [3.8, 4) is 5.75 Å². The van der Waals surface area contributed by atoms with Crippen LogP contribution < -0.4 is 10.1 Å². The van der Waals surface area contributed by atoms with Crippen LogP contribution in [0.1, 0.15) is 52.6 Å². The highest BCUT2D eigenvalue weighted by atomic mass is 16.5. The Labute approximate surface area is 217 Å². The quantitative estimate of drug-likeness (QED) is 0.508. The van der Waals surface area contributed by atoms with Crippen LogP contribution in [0.25, 0.3) is 0 Å². The number of esters is 1. The first-order valence-electron chi connectivity index (χ1n) is 12.8. The highest BCUT2D eigenvalue weighted by Gasteiger charge is 2.86. The van der Waals surface area contributed by atoms with Gasteiger partial charge in [-0.1, -0.05) is 73.2 Å². The Morgan fingerprint density at radius 1 is 1.05 bits per heavy atom. The summed E-state index contributed by atoms with van der Waals surface area (Å²) in [5.41, 5.74) is 1.32. The summed E-state index contributed by atoms with van der Waals surface area (Å²) in [4.78, 5) is 19.0. The number of aryl methyl sites for hydroxylation is 3. The minimum Gasteiger partial charge on any atom is -0.478 e. The van der Waals surface area contributed by atoms with Gasteiger partial charge in [0.15, 0.2) is 16.9 Å². The number of hydrogen-bond donors (Lipinski definition) is 2. The third-order valence-electron chi connectivity index (χ3n) is 8.45. The fourth-order valence-corrected chi connectivity index (χ4v) is 7.15. The largest absolute Gasteiger partial charge is 0.478 e. The van der Waals surface area contributed by atoms with Gasteiger partial charge in [0, 0.05) is 17.9 Å². The van der Waals surface area contributed by atoms with Gasteiger partial charge in [0.1, 0.15) is 11.7 Å². The van der Waals surface area contributed by atoms with Crippen LogP contribution >= 0.6 is 0 Å². The number of methoxy groups -OCH3 is 1. The topological polar surface area (TPSA) is 80.2 Å². The van der Waals surface area contributed by atoms with Gasteiger partial charge in [0.05, 0.1) is 12.9 Å². The number of aliphatic hydroxyl groups is 1. The number of fused-ring (bicyclic) bond motifs is 1. The van der Waals surface area contributed by atoms with E-state index in [0.29, 0.717) is 18.0 Å². The number of carbonyl (C=O) groups excluding carboxylic acids is 1. The second-order valence-corrected chi connectivity index (χ2v) is 10.6. The van der Waals surface area contributed by atoms with Crippen LogP contribution in [0.3, 0.4) is 0 Å². The van der Waals surface area contributed by atoms with Crippen LogP contribution in [0.4, 0.5) is 0 Å². The first-order chi connectivity index (χ1) is 17.7. The van der Waals surface area contributed by atoms with Crippen molar-refractivity contribution in [3.05, 3.63) is 100 Å². The summed E-state index contributed by atoms with van der Waals surface area (Å²) in [6.45, 7) is 8.09. The molecule has 0 radical (unpaired) electrons. The van der Waals surface area contributed by atoms with Crippen molar-refractivity contribution in [2.75, 3.05) is 7.11 Å². The lowest BCUT2D eigenvalue weighted by Crippen LogP contribution is -2.62. The molecule has 0 saturated heterocycles. The third kappa shape index (κ3) is 2.79. The summed E-state index contributed by atoms with van der Waals surface area (Å²) in [6.07, 6.45) is 0.568. The van der Waals surface area contributed by atoms with Crippen molar-refractivity contribution in [3.63, 3.8) is 0 Å². The van der Waals surface area contributed by atoms with Gasteiger partial charge in [0.25, 0.3) is 0 Å². The van der Waals surface area contributed by atoms with Gasteiger partial charge >= 0.3 is 5.97 Å². The van der Waals surface area contributed by atoms with E-state index in [0.717, 1.165) is 33.4 Å². The molecule has 3 aromatic rings. The number of rotatable bonds is 4. The molecule has 1 aliphatic carbocycles. The lowest BCUT2D eigenvalue weighted by molar-refractivity contribution is -0.158. The van der Waals surface area contributed by atoms with Crippen molar-refractivity contribution in [2.24, 2.45) is 10.9 Å². The molecule has 0 aromatic heterocycles. The summed E-state index contributed by atoms with van der Waals surface area (Å²) in [5.74, 6) is -0.787. The Morgan fingerprint density at radius 3 is 2.41 bits per heavy atom. The molecule has 1 fully saturated rings. The normalized spacial score (nSPS) is 31.0. The number of nitrogens with zero attached hydrogens (tertiary/aromatic N) is 1. The Kier molecular flexibility index (Phi) is 5.09. The van der Waals surface area contributed by atoms with Gasteiger partial charge in [0.2, 0.25) is 0 Å². The van der Waals surface area contributed by atoms with Crippen molar-refractivity contribution >= 4 is 11.8 Å². The maximum Gasteiger partial charge on any atom is 0.314 e. The van der Waals surface area contributed by atoms with Crippen LogP contribution in [-0.4, -0.2) is 29.7 Å². The lowest BCUT2D eigenvalue weighted by Gasteiger charge is -2.42. The van der Waals surface area contributed by atoms with Crippen LogP contribution in [0, 0.1) is 26.7 Å². The van der Waals surface area contributed by atoms with E-state index in [9.17, 15) is 9.90 Å². The monoisotopic (exact) mass is 496 g/mol. The van der Waals surface area contributed by atoms with Gasteiger partial charge in [-0.3, -0.25) is 9.79 Å². The summed E-state index contributed by atoms with van der Waals surface area (Å²) in [5, 5.41) is 16.2. The van der Waals surface area contributed by atoms with E-state index in [4.69, 9.17) is 14.5 Å². The van der Waals surface area contributed by atoms with Gasteiger partial charge in [-0.25, -0.2) is 0 Å². The fourth-order valence-electron chi connectivity index (χ4n) is 7.15. The summed E-state index contributed by atoms with van der Waals surface area (Å²) >= 11 is 0. The highest BCUT2D eigenvalue weighted by Crippen LogP contribution is 2.74. The molecule has 3 aromatic carbocycles. The lowest BCUT2D eigenvalue weighted by atomic mass is 9.68. The summed E-state index contributed by atoms with van der Waals surface area (Å²) in [6, 6.07) is 22.1. The Morgan fingerprint density at radius 2 is 1.76 bits per heavy atom. The average molecular weight is 497 g/mol. The fraction of sp³-hybridized carbons (Fsp3) is 0.355. The number of carbonyl (C=O) groups is 1. The molecular weight excluding hydrogens is 464 g/mol. The molecule has 6 rings (SSSR count). The molecule has 1 spiro atoms. The van der Waals surface area contributed by atoms with Crippen LogP contribution in [0.2, 0.25) is 0 Å². The van der Waals surface area contributed by atoms with E-state index in [1.165, 1.54) is 7.11 Å². The summed E-state index contributed by atoms with van der Waals surface area (Å²) in [7, 11) is 1.37. The van der Waals surface area contributed by atoms with Crippen LogP contribution in [0.5, 0.6) is 5.75 Å². The van der Waals surface area contributed by atoms with Crippen LogP contribution in [-0.2, 0) is 20.7 Å². The molecule has 0 unspecified atom stereocenters. The third-order valence-corrected chi connectivity index (χ3v) is 8.45. The maximum absolute atomic E-state index is 13.7.